The predicted octanol–water partition coefficient (Wildman–Crippen LogP) is 4.31. The van der Waals surface area contributed by atoms with Crippen LogP contribution in [0.25, 0.3) is 0 Å². The van der Waals surface area contributed by atoms with Crippen LogP contribution in [0.1, 0.15) is 11.1 Å². The highest BCUT2D eigenvalue weighted by Crippen LogP contribution is 2.16. The molecule has 2 aromatic carbocycles. The summed E-state index contributed by atoms with van der Waals surface area (Å²) in [5.41, 5.74) is 2.62. The largest absolute Gasteiger partial charge is 0.303 e. The second-order valence-corrected chi connectivity index (χ2v) is 5.63. The molecule has 0 aliphatic rings. The van der Waals surface area contributed by atoms with Gasteiger partial charge in [-0.25, -0.2) is 0 Å². The van der Waals surface area contributed by atoms with Gasteiger partial charge in [-0.1, -0.05) is 35.9 Å². The lowest BCUT2D eigenvalue weighted by atomic mass is 10.1. The quantitative estimate of drug-likeness (QED) is 0.636. The molecule has 2 rings (SSSR count). The van der Waals surface area contributed by atoms with E-state index in [1.54, 1.807) is 0 Å². The van der Waals surface area contributed by atoms with Gasteiger partial charge >= 0.3 is 0 Å². The van der Waals surface area contributed by atoms with Gasteiger partial charge in [0, 0.05) is 16.5 Å². The van der Waals surface area contributed by atoms with Gasteiger partial charge in [0.1, 0.15) is 0 Å². The lowest BCUT2D eigenvalue weighted by Crippen LogP contribution is -2.16. The molecule has 0 aromatic heterocycles. The molecule has 2 nitrogen and oxygen atoms in total. The Kier molecular flexibility index (Phi) is 5.02. The summed E-state index contributed by atoms with van der Waals surface area (Å²) >= 11 is 7.45. The highest BCUT2D eigenvalue weighted by atomic mass is 35.5. The van der Waals surface area contributed by atoms with Gasteiger partial charge in [-0.2, -0.15) is 0 Å². The van der Waals surface area contributed by atoms with E-state index < -0.39 is 0 Å². The maximum Gasteiger partial charge on any atom is 0.0534 e. The van der Waals surface area contributed by atoms with E-state index >= 15 is 0 Å². The summed E-state index contributed by atoms with van der Waals surface area (Å²) in [5.74, 6) is 0. The molecule has 2 aromatic rings. The molecular formula is C15H15ClN2S. The molecule has 2 N–H and O–H groups in total. The molecule has 98 valence electrons. The number of rotatable bonds is 5. The van der Waals surface area contributed by atoms with Crippen LogP contribution in [0.2, 0.25) is 5.02 Å². The summed E-state index contributed by atoms with van der Waals surface area (Å²) in [7, 11) is 0. The van der Waals surface area contributed by atoms with E-state index in [4.69, 9.17) is 17.0 Å². The molecule has 0 unspecified atom stereocenters. The lowest BCUT2D eigenvalue weighted by molar-refractivity contribution is 1.14. The maximum atomic E-state index is 8.00. The molecule has 4 heteroatoms. The highest BCUT2D eigenvalue weighted by molar-refractivity contribution is 7.97. The van der Waals surface area contributed by atoms with Crippen molar-refractivity contribution in [1.29, 1.82) is 5.41 Å². The normalized spacial score (nSPS) is 10.4. The van der Waals surface area contributed by atoms with Gasteiger partial charge in [-0.15, -0.1) is 0 Å². The van der Waals surface area contributed by atoms with Crippen LogP contribution < -0.4 is 4.72 Å². The molecule has 0 saturated carbocycles. The van der Waals surface area contributed by atoms with E-state index in [9.17, 15) is 0 Å². The van der Waals surface area contributed by atoms with Crippen molar-refractivity contribution in [3.8, 4) is 0 Å². The van der Waals surface area contributed by atoms with Crippen LogP contribution in [0.4, 0.5) is 0 Å². The van der Waals surface area contributed by atoms with E-state index in [2.05, 4.69) is 23.8 Å². The SMILES string of the molecule is Cc1cccc(SNCC(=N)c2cccc(Cl)c2)c1. The molecular weight excluding hydrogens is 276 g/mol. The third kappa shape index (κ3) is 4.39. The molecule has 0 fully saturated rings. The van der Waals surface area contributed by atoms with Crippen LogP contribution in [0.3, 0.4) is 0 Å². The zero-order valence-electron chi connectivity index (χ0n) is 10.6. The van der Waals surface area contributed by atoms with Crippen molar-refractivity contribution in [1.82, 2.24) is 4.72 Å². The van der Waals surface area contributed by atoms with E-state index in [1.165, 1.54) is 17.5 Å². The van der Waals surface area contributed by atoms with Crippen molar-refractivity contribution in [3.63, 3.8) is 0 Å². The zero-order valence-corrected chi connectivity index (χ0v) is 12.2. The van der Waals surface area contributed by atoms with Gasteiger partial charge in [0.15, 0.2) is 0 Å². The molecule has 0 spiro atoms. The second-order valence-electron chi connectivity index (χ2n) is 4.23. The fraction of sp³-hybridized carbons (Fsp3) is 0.133. The molecule has 0 radical (unpaired) electrons. The van der Waals surface area contributed by atoms with E-state index in [-0.39, 0.29) is 0 Å². The van der Waals surface area contributed by atoms with Crippen LogP contribution in [0.5, 0.6) is 0 Å². The van der Waals surface area contributed by atoms with Gasteiger partial charge in [0.05, 0.1) is 5.71 Å². The van der Waals surface area contributed by atoms with Gasteiger partial charge in [0.25, 0.3) is 0 Å². The molecule has 0 heterocycles. The van der Waals surface area contributed by atoms with Gasteiger partial charge < -0.3 is 5.41 Å². The molecule has 19 heavy (non-hydrogen) atoms. The summed E-state index contributed by atoms with van der Waals surface area (Å²) in [6.45, 7) is 2.57. The minimum absolute atomic E-state index is 0.499. The summed E-state index contributed by atoms with van der Waals surface area (Å²) in [4.78, 5) is 1.15. The fourth-order valence-corrected chi connectivity index (χ4v) is 2.61. The van der Waals surface area contributed by atoms with Crippen molar-refractivity contribution in [2.24, 2.45) is 0 Å². The first-order valence-electron chi connectivity index (χ1n) is 5.95. The van der Waals surface area contributed by atoms with Crippen molar-refractivity contribution >= 4 is 29.3 Å². The third-order valence-electron chi connectivity index (χ3n) is 2.60. The number of halogens is 1. The Morgan fingerprint density at radius 2 is 2.00 bits per heavy atom. The Morgan fingerprint density at radius 1 is 1.21 bits per heavy atom. The van der Waals surface area contributed by atoms with E-state index in [0.29, 0.717) is 17.3 Å². The first kappa shape index (κ1) is 14.1. The maximum absolute atomic E-state index is 8.00. The Balaban J connectivity index is 1.87. The fourth-order valence-electron chi connectivity index (χ4n) is 1.65. The molecule has 0 saturated heterocycles. The summed E-state index contributed by atoms with van der Waals surface area (Å²) in [6, 6.07) is 15.6. The van der Waals surface area contributed by atoms with E-state index in [1.807, 2.05) is 36.4 Å². The first-order chi connectivity index (χ1) is 9.15. The Morgan fingerprint density at radius 3 is 2.74 bits per heavy atom. The van der Waals surface area contributed by atoms with Crippen LogP contribution in [0.15, 0.2) is 53.4 Å². The number of nitrogens with one attached hydrogen (secondary N) is 2. The zero-order chi connectivity index (χ0) is 13.7. The van der Waals surface area contributed by atoms with Crippen molar-refractivity contribution in [2.45, 2.75) is 11.8 Å². The van der Waals surface area contributed by atoms with E-state index in [0.717, 1.165) is 10.5 Å². The summed E-state index contributed by atoms with van der Waals surface area (Å²) < 4.78 is 3.20. The molecule has 0 bridgehead atoms. The number of benzene rings is 2. The Labute approximate surface area is 122 Å². The molecule has 0 amide bonds. The topological polar surface area (TPSA) is 35.9 Å². The van der Waals surface area contributed by atoms with Crippen molar-refractivity contribution in [2.75, 3.05) is 6.54 Å². The monoisotopic (exact) mass is 290 g/mol. The third-order valence-corrected chi connectivity index (χ3v) is 3.61. The number of aryl methyl sites for hydroxylation is 1. The second kappa shape index (κ2) is 6.75. The minimum Gasteiger partial charge on any atom is -0.303 e. The summed E-state index contributed by atoms with van der Waals surface area (Å²) in [6.07, 6.45) is 0. The standard InChI is InChI=1S/C15H15ClN2S/c1-11-4-2-7-14(8-11)19-18-10-15(17)12-5-3-6-13(16)9-12/h2-9,17-18H,10H2,1H3. The predicted molar refractivity (Wildman–Crippen MR) is 83.3 cm³/mol. The average molecular weight is 291 g/mol. The van der Waals surface area contributed by atoms with Crippen LogP contribution in [-0.4, -0.2) is 12.3 Å². The van der Waals surface area contributed by atoms with Crippen LogP contribution >= 0.6 is 23.5 Å². The smallest absolute Gasteiger partial charge is 0.0534 e. The Hall–Kier alpha value is -1.29. The Bertz CT molecular complexity index is 584. The van der Waals surface area contributed by atoms with Crippen LogP contribution in [0, 0.1) is 12.3 Å². The highest BCUT2D eigenvalue weighted by Gasteiger charge is 2.02. The van der Waals surface area contributed by atoms with Crippen LogP contribution in [-0.2, 0) is 0 Å². The van der Waals surface area contributed by atoms with Gasteiger partial charge in [-0.05, 0) is 54.3 Å². The lowest BCUT2D eigenvalue weighted by Gasteiger charge is -2.07. The number of hydrogen-bond donors (Lipinski definition) is 2. The molecule has 0 atom stereocenters. The van der Waals surface area contributed by atoms with Crippen molar-refractivity contribution in [3.05, 3.63) is 64.7 Å². The molecule has 0 aliphatic carbocycles. The average Bonchev–Trinajstić information content (AvgIpc) is 2.38. The van der Waals surface area contributed by atoms with Crippen molar-refractivity contribution < 1.29 is 0 Å². The van der Waals surface area contributed by atoms with Gasteiger partial charge in [0.2, 0.25) is 0 Å². The first-order valence-corrected chi connectivity index (χ1v) is 7.14. The number of hydrogen-bond acceptors (Lipinski definition) is 3. The van der Waals surface area contributed by atoms with Gasteiger partial charge in [-0.3, -0.25) is 4.72 Å². The summed E-state index contributed by atoms with van der Waals surface area (Å²) in [5, 5.41) is 8.66. The minimum atomic E-state index is 0.499. The molecule has 0 aliphatic heterocycles.